The Morgan fingerprint density at radius 2 is 1.79 bits per heavy atom. The number of esters is 2. The third-order valence-electron chi connectivity index (χ3n) is 10.8. The molecule has 0 heterocycles. The summed E-state index contributed by atoms with van der Waals surface area (Å²) in [6.07, 6.45) is 15.5. The number of carbonyl (C=O) groups is 2. The van der Waals surface area contributed by atoms with Crippen LogP contribution >= 0.6 is 11.8 Å². The van der Waals surface area contributed by atoms with Crippen LogP contribution in [0.2, 0.25) is 0 Å². The number of aliphatic hydroxyl groups is 1. The lowest BCUT2D eigenvalue weighted by Crippen LogP contribution is -2.56. The van der Waals surface area contributed by atoms with Gasteiger partial charge in [-0.2, -0.15) is 0 Å². The van der Waals surface area contributed by atoms with Crippen LogP contribution in [-0.2, 0) is 19.1 Å². The molecular formula is C33H52O5S. The molecule has 3 fully saturated rings. The first-order valence-corrected chi connectivity index (χ1v) is 16.4. The van der Waals surface area contributed by atoms with Gasteiger partial charge >= 0.3 is 11.9 Å². The van der Waals surface area contributed by atoms with Crippen LogP contribution in [0.4, 0.5) is 0 Å². The van der Waals surface area contributed by atoms with E-state index in [-0.39, 0.29) is 23.5 Å². The first-order valence-electron chi connectivity index (χ1n) is 15.4. The predicted molar refractivity (Wildman–Crippen MR) is 158 cm³/mol. The second kappa shape index (κ2) is 11.5. The molecular weight excluding hydrogens is 508 g/mol. The zero-order valence-electron chi connectivity index (χ0n) is 25.4. The topological polar surface area (TPSA) is 72.8 Å². The van der Waals surface area contributed by atoms with Gasteiger partial charge in [-0.15, -0.1) is 11.8 Å². The van der Waals surface area contributed by atoms with Crippen molar-refractivity contribution in [1.82, 2.24) is 0 Å². The molecule has 0 saturated heterocycles. The average molecular weight is 561 g/mol. The predicted octanol–water partition coefficient (Wildman–Crippen LogP) is 7.76. The van der Waals surface area contributed by atoms with E-state index in [1.807, 2.05) is 13.8 Å². The van der Waals surface area contributed by atoms with Gasteiger partial charge in [0.2, 0.25) is 0 Å². The molecule has 0 spiro atoms. The summed E-state index contributed by atoms with van der Waals surface area (Å²) in [5.74, 6) is 2.06. The summed E-state index contributed by atoms with van der Waals surface area (Å²) < 4.78 is 12.3. The van der Waals surface area contributed by atoms with E-state index in [1.165, 1.54) is 45.1 Å². The van der Waals surface area contributed by atoms with Crippen LogP contribution in [-0.4, -0.2) is 39.4 Å². The van der Waals surface area contributed by atoms with Crippen molar-refractivity contribution in [3.05, 3.63) is 23.3 Å². The van der Waals surface area contributed by atoms with Crippen LogP contribution in [0.15, 0.2) is 23.3 Å². The Labute approximate surface area is 240 Å². The molecule has 220 valence electrons. The zero-order valence-corrected chi connectivity index (χ0v) is 26.3. The summed E-state index contributed by atoms with van der Waals surface area (Å²) in [7, 11) is 0. The molecule has 0 radical (unpaired) electrons. The average Bonchev–Trinajstić information content (AvgIpc) is 3.17. The first-order chi connectivity index (χ1) is 18.2. The molecule has 0 aromatic heterocycles. The largest absolute Gasteiger partial charge is 0.461 e. The third-order valence-corrected chi connectivity index (χ3v) is 12.2. The molecule has 0 aromatic rings. The van der Waals surface area contributed by atoms with Crippen LogP contribution in [0.25, 0.3) is 0 Å². The Kier molecular flexibility index (Phi) is 9.08. The fourth-order valence-corrected chi connectivity index (χ4v) is 10.2. The molecule has 39 heavy (non-hydrogen) atoms. The summed E-state index contributed by atoms with van der Waals surface area (Å²) in [5, 5.41) is 10.0. The molecule has 6 heteroatoms. The Morgan fingerprint density at radius 1 is 1.05 bits per heavy atom. The maximum atomic E-state index is 12.5. The Bertz CT molecular complexity index is 995. The molecule has 0 aliphatic heterocycles. The Balaban J connectivity index is 1.60. The second-order valence-electron chi connectivity index (χ2n) is 13.9. The summed E-state index contributed by atoms with van der Waals surface area (Å²) >= 11 is 1.71. The van der Waals surface area contributed by atoms with Crippen LogP contribution in [0, 0.1) is 28.6 Å². The van der Waals surface area contributed by atoms with E-state index in [2.05, 4.69) is 32.9 Å². The minimum Gasteiger partial charge on any atom is -0.461 e. The summed E-state index contributed by atoms with van der Waals surface area (Å²) in [6.45, 7) is 13.9. The fourth-order valence-electron chi connectivity index (χ4n) is 8.73. The fraction of sp³-hybridized carbons (Fsp3) is 0.818. The highest BCUT2D eigenvalue weighted by molar-refractivity contribution is 8.00. The van der Waals surface area contributed by atoms with E-state index in [1.54, 1.807) is 17.3 Å². The highest BCUT2D eigenvalue weighted by atomic mass is 32.2. The lowest BCUT2D eigenvalue weighted by atomic mass is 9.49. The van der Waals surface area contributed by atoms with Gasteiger partial charge in [-0.1, -0.05) is 63.3 Å². The number of rotatable bonds is 10. The van der Waals surface area contributed by atoms with E-state index < -0.39 is 10.5 Å². The first kappa shape index (κ1) is 30.7. The smallest absolute Gasteiger partial charge is 0.304 e. The highest BCUT2D eigenvalue weighted by Gasteiger charge is 2.61. The van der Waals surface area contributed by atoms with Crippen LogP contribution in [0.5, 0.6) is 0 Å². The lowest BCUT2D eigenvalue weighted by molar-refractivity contribution is -0.168. The van der Waals surface area contributed by atoms with E-state index in [0.717, 1.165) is 43.8 Å². The molecule has 4 aliphatic rings. The molecule has 4 rings (SSSR count). The van der Waals surface area contributed by atoms with Crippen LogP contribution in [0.1, 0.15) is 119 Å². The van der Waals surface area contributed by atoms with Gasteiger partial charge in [0.25, 0.3) is 0 Å². The standard InChI is InChI=1S/C33H52O5S/c1-8-24-13-15-27-26-14-12-25-20-33(38-23(3)35,39-19-11-9-10-17-30(4,5)36)21-29(37-22(2)34)32(25,7)28(26)16-18-31(24,27)6/h12,14,24,27-29,36H,8-11,13,15-21H2,1-7H3/t24-,27-,28-,29-,31+,32-,33-/m0/s1. The summed E-state index contributed by atoms with van der Waals surface area (Å²) in [4.78, 5) is 24.1. The van der Waals surface area contributed by atoms with Gasteiger partial charge < -0.3 is 14.6 Å². The monoisotopic (exact) mass is 560 g/mol. The maximum Gasteiger partial charge on any atom is 0.304 e. The number of allylic oxidation sites excluding steroid dienone is 3. The van der Waals surface area contributed by atoms with Crippen molar-refractivity contribution in [2.75, 3.05) is 5.75 Å². The van der Waals surface area contributed by atoms with Crippen molar-refractivity contribution in [3.8, 4) is 0 Å². The minimum absolute atomic E-state index is 0.264. The molecule has 3 saturated carbocycles. The number of hydrogen-bond donors (Lipinski definition) is 1. The number of unbranched alkanes of at least 4 members (excludes halogenated alkanes) is 2. The zero-order chi connectivity index (χ0) is 28.6. The van der Waals surface area contributed by atoms with E-state index >= 15 is 0 Å². The van der Waals surface area contributed by atoms with Crippen molar-refractivity contribution < 1.29 is 24.2 Å². The van der Waals surface area contributed by atoms with Gasteiger partial charge in [0.1, 0.15) is 6.10 Å². The third kappa shape index (κ3) is 6.17. The number of hydrogen-bond acceptors (Lipinski definition) is 6. The normalized spacial score (nSPS) is 37.6. The van der Waals surface area contributed by atoms with Gasteiger partial charge in [-0.05, 0) is 81.3 Å². The number of fused-ring (bicyclic) bond motifs is 5. The molecule has 5 nitrogen and oxygen atoms in total. The van der Waals surface area contributed by atoms with Crippen molar-refractivity contribution in [2.45, 2.75) is 136 Å². The SMILES string of the molecule is CC[C@H]1CC[C@H]2C3=CC=C4C[C@](OC(C)=O)(SCCCCCC(C)(C)O)C[C@H](OC(C)=O)[C@]4(C)[C@H]3CC[C@]12C. The molecule has 4 aliphatic carbocycles. The van der Waals surface area contributed by atoms with E-state index in [4.69, 9.17) is 9.47 Å². The maximum absolute atomic E-state index is 12.5. The van der Waals surface area contributed by atoms with E-state index in [0.29, 0.717) is 30.1 Å². The molecule has 0 unspecified atom stereocenters. The van der Waals surface area contributed by atoms with Crippen molar-refractivity contribution >= 4 is 23.7 Å². The molecule has 0 bridgehead atoms. The van der Waals surface area contributed by atoms with Crippen molar-refractivity contribution in [3.63, 3.8) is 0 Å². The van der Waals surface area contributed by atoms with Gasteiger partial charge in [-0.25, -0.2) is 0 Å². The number of carbonyl (C=O) groups excluding carboxylic acids is 2. The van der Waals surface area contributed by atoms with Gasteiger partial charge in [0.15, 0.2) is 4.93 Å². The molecule has 7 atom stereocenters. The summed E-state index contributed by atoms with van der Waals surface area (Å²) in [6, 6.07) is 0. The van der Waals surface area contributed by atoms with E-state index in [9.17, 15) is 14.7 Å². The highest BCUT2D eigenvalue weighted by Crippen LogP contribution is 2.67. The van der Waals surface area contributed by atoms with Crippen LogP contribution < -0.4 is 0 Å². The number of thioether (sulfide) groups is 1. The van der Waals surface area contributed by atoms with Gasteiger partial charge in [-0.3, -0.25) is 9.59 Å². The molecule has 1 N–H and O–H groups in total. The van der Waals surface area contributed by atoms with Crippen LogP contribution in [0.3, 0.4) is 0 Å². The molecule has 0 aromatic carbocycles. The lowest BCUT2D eigenvalue weighted by Gasteiger charge is -2.58. The van der Waals surface area contributed by atoms with Crippen molar-refractivity contribution in [2.24, 2.45) is 28.6 Å². The summed E-state index contributed by atoms with van der Waals surface area (Å²) in [5.41, 5.74) is 2.29. The second-order valence-corrected chi connectivity index (χ2v) is 15.4. The number of ether oxygens (including phenoxy) is 2. The Hall–Kier alpha value is -1.27. The van der Waals surface area contributed by atoms with Crippen molar-refractivity contribution in [1.29, 1.82) is 0 Å². The molecule has 0 amide bonds. The van der Waals surface area contributed by atoms with Gasteiger partial charge in [0.05, 0.1) is 5.60 Å². The minimum atomic E-state index is -0.733. The Morgan fingerprint density at radius 3 is 2.44 bits per heavy atom. The quantitative estimate of drug-likeness (QED) is 0.167. The van der Waals surface area contributed by atoms with Gasteiger partial charge in [0, 0.05) is 32.1 Å².